The zero-order valence-electron chi connectivity index (χ0n) is 15.8. The average molecular weight is 366 g/mol. The van der Waals surface area contributed by atoms with E-state index in [2.05, 4.69) is 27.1 Å². The highest BCUT2D eigenvalue weighted by Gasteiger charge is 2.20. The highest BCUT2D eigenvalue weighted by Crippen LogP contribution is 2.21. The molecule has 2 aromatic rings. The fraction of sp³-hybridized carbons (Fsp3) is 0.429. The largest absolute Gasteiger partial charge is 0.325 e. The molecule has 1 aromatic carbocycles. The van der Waals surface area contributed by atoms with E-state index in [0.717, 1.165) is 74.5 Å². The van der Waals surface area contributed by atoms with E-state index in [0.29, 0.717) is 0 Å². The van der Waals surface area contributed by atoms with Crippen molar-refractivity contribution in [2.75, 3.05) is 38.5 Å². The number of para-hydroxylation sites is 1. The molecule has 1 aliphatic carbocycles. The molecule has 0 saturated carbocycles. The lowest BCUT2D eigenvalue weighted by atomic mass is 10.1. The van der Waals surface area contributed by atoms with Crippen molar-refractivity contribution in [3.8, 4) is 0 Å². The Kier molecular flexibility index (Phi) is 5.09. The van der Waals surface area contributed by atoms with Crippen LogP contribution in [-0.4, -0.2) is 53.9 Å². The van der Waals surface area contributed by atoms with Crippen LogP contribution in [0.25, 0.3) is 0 Å². The minimum absolute atomic E-state index is 0.199. The van der Waals surface area contributed by atoms with Gasteiger partial charge in [-0.3, -0.25) is 14.5 Å². The van der Waals surface area contributed by atoms with Crippen molar-refractivity contribution in [1.82, 2.24) is 14.8 Å². The van der Waals surface area contributed by atoms with Gasteiger partial charge in [-0.25, -0.2) is 0 Å². The molecule has 4 rings (SSSR count). The van der Waals surface area contributed by atoms with E-state index in [-0.39, 0.29) is 17.0 Å². The summed E-state index contributed by atoms with van der Waals surface area (Å²) in [5, 5.41) is 2.96. The smallest absolute Gasteiger partial charge is 0.261 e. The number of H-pyrrole nitrogens is 1. The van der Waals surface area contributed by atoms with Gasteiger partial charge in [-0.2, -0.15) is 0 Å². The SMILES string of the molecule is CN1CCN(Cc2ccccc2NC(=O)c2cc3c([nH]c2=O)CCC3)CC1. The van der Waals surface area contributed by atoms with Crippen molar-refractivity contribution in [1.29, 1.82) is 0 Å². The number of rotatable bonds is 4. The number of carbonyl (C=O) groups excluding carboxylic acids is 1. The highest BCUT2D eigenvalue weighted by molar-refractivity contribution is 6.04. The number of anilines is 1. The normalized spacial score (nSPS) is 17.7. The molecule has 0 bridgehead atoms. The lowest BCUT2D eigenvalue weighted by Crippen LogP contribution is -2.44. The van der Waals surface area contributed by atoms with Gasteiger partial charge >= 0.3 is 0 Å². The molecule has 27 heavy (non-hydrogen) atoms. The molecule has 2 heterocycles. The molecule has 0 radical (unpaired) electrons. The lowest BCUT2D eigenvalue weighted by molar-refractivity contribution is 0.102. The quantitative estimate of drug-likeness (QED) is 0.867. The van der Waals surface area contributed by atoms with Gasteiger partial charge < -0.3 is 15.2 Å². The van der Waals surface area contributed by atoms with Crippen LogP contribution in [0.5, 0.6) is 0 Å². The third-order valence-corrected chi connectivity index (χ3v) is 5.59. The molecule has 2 N–H and O–H groups in total. The number of likely N-dealkylation sites (N-methyl/N-ethyl adjacent to an activating group) is 1. The number of nitrogens with zero attached hydrogens (tertiary/aromatic N) is 2. The van der Waals surface area contributed by atoms with Crippen LogP contribution >= 0.6 is 0 Å². The molecule has 0 atom stereocenters. The first kappa shape index (κ1) is 17.9. The Morgan fingerprint density at radius 3 is 2.74 bits per heavy atom. The molecule has 6 nitrogen and oxygen atoms in total. The molecular formula is C21H26N4O2. The molecule has 2 aliphatic rings. The van der Waals surface area contributed by atoms with Crippen molar-refractivity contribution in [3.63, 3.8) is 0 Å². The van der Waals surface area contributed by atoms with E-state index in [1.54, 1.807) is 6.07 Å². The number of pyridine rings is 1. The summed E-state index contributed by atoms with van der Waals surface area (Å²) in [4.78, 5) is 32.7. The standard InChI is InChI=1S/C21H26N4O2/c1-24-9-11-25(12-10-24)14-16-5-2-3-7-19(16)23-21(27)17-13-15-6-4-8-18(15)22-20(17)26/h2-3,5,7,13H,4,6,8-12,14H2,1H3,(H,22,26)(H,23,27). The van der Waals surface area contributed by atoms with Crippen molar-refractivity contribution in [2.24, 2.45) is 0 Å². The molecule has 1 saturated heterocycles. The minimum atomic E-state index is -0.336. The summed E-state index contributed by atoms with van der Waals surface area (Å²) >= 11 is 0. The number of fused-ring (bicyclic) bond motifs is 1. The Bertz CT molecular complexity index is 897. The van der Waals surface area contributed by atoms with Gasteiger partial charge in [-0.15, -0.1) is 0 Å². The Labute approximate surface area is 159 Å². The maximum absolute atomic E-state index is 12.8. The van der Waals surface area contributed by atoms with Crippen molar-refractivity contribution >= 4 is 11.6 Å². The Morgan fingerprint density at radius 1 is 1.15 bits per heavy atom. The van der Waals surface area contributed by atoms with Crippen LogP contribution in [0.4, 0.5) is 5.69 Å². The predicted octanol–water partition coefficient (Wildman–Crippen LogP) is 1.86. The van der Waals surface area contributed by atoms with E-state index < -0.39 is 0 Å². The molecular weight excluding hydrogens is 340 g/mol. The summed E-state index contributed by atoms with van der Waals surface area (Å²) < 4.78 is 0. The molecule has 1 amide bonds. The summed E-state index contributed by atoms with van der Waals surface area (Å²) in [6, 6.07) is 9.62. The molecule has 142 valence electrons. The highest BCUT2D eigenvalue weighted by atomic mass is 16.2. The van der Waals surface area contributed by atoms with Crippen LogP contribution in [0, 0.1) is 0 Å². The zero-order chi connectivity index (χ0) is 18.8. The van der Waals surface area contributed by atoms with E-state index in [4.69, 9.17) is 0 Å². The van der Waals surface area contributed by atoms with Gasteiger partial charge in [0.25, 0.3) is 11.5 Å². The monoisotopic (exact) mass is 366 g/mol. The summed E-state index contributed by atoms with van der Waals surface area (Å²) in [5.74, 6) is -0.336. The second-order valence-corrected chi connectivity index (χ2v) is 7.56. The number of hydrogen-bond acceptors (Lipinski definition) is 4. The number of hydrogen-bond donors (Lipinski definition) is 2. The first-order valence-corrected chi connectivity index (χ1v) is 9.65. The number of benzene rings is 1. The summed E-state index contributed by atoms with van der Waals surface area (Å²) in [6.45, 7) is 4.94. The third-order valence-electron chi connectivity index (χ3n) is 5.59. The summed E-state index contributed by atoms with van der Waals surface area (Å²) in [5.41, 5.74) is 3.82. The second-order valence-electron chi connectivity index (χ2n) is 7.56. The Balaban J connectivity index is 1.51. The van der Waals surface area contributed by atoms with E-state index in [1.165, 1.54) is 0 Å². The van der Waals surface area contributed by atoms with Gasteiger partial charge in [0.05, 0.1) is 0 Å². The number of aromatic nitrogens is 1. The third kappa shape index (κ3) is 3.96. The topological polar surface area (TPSA) is 68.4 Å². The van der Waals surface area contributed by atoms with Crippen molar-refractivity contribution < 1.29 is 4.79 Å². The maximum Gasteiger partial charge on any atom is 0.261 e. The molecule has 1 aliphatic heterocycles. The van der Waals surface area contributed by atoms with Crippen LogP contribution in [0.15, 0.2) is 35.1 Å². The van der Waals surface area contributed by atoms with Crippen LogP contribution < -0.4 is 10.9 Å². The minimum Gasteiger partial charge on any atom is -0.325 e. The fourth-order valence-electron chi connectivity index (χ4n) is 3.90. The second kappa shape index (κ2) is 7.66. The number of aromatic amines is 1. The molecule has 1 aromatic heterocycles. The molecule has 0 spiro atoms. The van der Waals surface area contributed by atoms with E-state index >= 15 is 0 Å². The van der Waals surface area contributed by atoms with Gasteiger partial charge in [0.15, 0.2) is 0 Å². The average Bonchev–Trinajstić information content (AvgIpc) is 3.11. The van der Waals surface area contributed by atoms with E-state index in [1.807, 2.05) is 24.3 Å². The molecule has 6 heteroatoms. The van der Waals surface area contributed by atoms with Crippen LogP contribution in [0.1, 0.15) is 33.6 Å². The molecule has 1 fully saturated rings. The number of amides is 1. The fourth-order valence-corrected chi connectivity index (χ4v) is 3.90. The Hall–Kier alpha value is -2.44. The zero-order valence-corrected chi connectivity index (χ0v) is 15.8. The number of aryl methyl sites for hydroxylation is 2. The van der Waals surface area contributed by atoms with Crippen LogP contribution in [0.3, 0.4) is 0 Å². The summed E-state index contributed by atoms with van der Waals surface area (Å²) in [7, 11) is 2.14. The number of carbonyl (C=O) groups is 1. The lowest BCUT2D eigenvalue weighted by Gasteiger charge is -2.32. The van der Waals surface area contributed by atoms with Gasteiger partial charge in [0.1, 0.15) is 5.56 Å². The van der Waals surface area contributed by atoms with E-state index in [9.17, 15) is 9.59 Å². The van der Waals surface area contributed by atoms with Crippen molar-refractivity contribution in [2.45, 2.75) is 25.8 Å². The first-order chi connectivity index (χ1) is 13.1. The maximum atomic E-state index is 12.8. The Morgan fingerprint density at radius 2 is 1.93 bits per heavy atom. The van der Waals surface area contributed by atoms with Gasteiger partial charge in [-0.1, -0.05) is 18.2 Å². The summed E-state index contributed by atoms with van der Waals surface area (Å²) in [6.07, 6.45) is 2.84. The van der Waals surface area contributed by atoms with Crippen LogP contribution in [-0.2, 0) is 19.4 Å². The number of piperazine rings is 1. The number of nitrogens with one attached hydrogen (secondary N) is 2. The van der Waals surface area contributed by atoms with Crippen LogP contribution in [0.2, 0.25) is 0 Å². The van der Waals surface area contributed by atoms with Gasteiger partial charge in [-0.05, 0) is 49.6 Å². The van der Waals surface area contributed by atoms with Gasteiger partial charge in [0.2, 0.25) is 0 Å². The van der Waals surface area contributed by atoms with Crippen molar-refractivity contribution in [3.05, 3.63) is 63.1 Å². The molecule has 0 unspecified atom stereocenters. The van der Waals surface area contributed by atoms with Gasteiger partial charge in [0, 0.05) is 44.1 Å². The predicted molar refractivity (Wildman–Crippen MR) is 106 cm³/mol. The first-order valence-electron chi connectivity index (χ1n) is 9.65.